The van der Waals surface area contributed by atoms with E-state index >= 15 is 0 Å². The Balaban J connectivity index is 2.24. The van der Waals surface area contributed by atoms with Crippen LogP contribution in [0.2, 0.25) is 0 Å². The van der Waals surface area contributed by atoms with Gasteiger partial charge in [0.15, 0.2) is 0 Å². The van der Waals surface area contributed by atoms with Crippen LogP contribution in [0.1, 0.15) is 0 Å². The van der Waals surface area contributed by atoms with Gasteiger partial charge in [-0.25, -0.2) is 0 Å². The highest BCUT2D eigenvalue weighted by atomic mass is 16.5. The van der Waals surface area contributed by atoms with Crippen molar-refractivity contribution in [3.63, 3.8) is 0 Å². The van der Waals surface area contributed by atoms with Gasteiger partial charge < -0.3 is 19.1 Å². The number of anilines is 1. The summed E-state index contributed by atoms with van der Waals surface area (Å²) in [4.78, 5) is 13.3. The molecule has 88 valence electrons. The van der Waals surface area contributed by atoms with Gasteiger partial charge in [-0.15, -0.1) is 0 Å². The molecule has 0 unspecified atom stereocenters. The minimum absolute atomic E-state index is 0.383. The van der Waals surface area contributed by atoms with E-state index in [-0.39, 0.29) is 0 Å². The van der Waals surface area contributed by atoms with Crippen LogP contribution in [0.3, 0.4) is 0 Å². The molecule has 1 saturated heterocycles. The van der Waals surface area contributed by atoms with Crippen molar-refractivity contribution in [1.82, 2.24) is 9.97 Å². The second-order valence-electron chi connectivity index (χ2n) is 3.27. The first-order chi connectivity index (χ1) is 7.83. The highest BCUT2D eigenvalue weighted by Gasteiger charge is 2.23. The molecular formula is C9H15N4O3+. The van der Waals surface area contributed by atoms with Gasteiger partial charge in [-0.1, -0.05) is 0 Å². The molecule has 0 saturated carbocycles. The normalized spacial score (nSPS) is 16.0. The molecule has 0 atom stereocenters. The average molecular weight is 227 g/mol. The van der Waals surface area contributed by atoms with Crippen LogP contribution in [0.5, 0.6) is 12.0 Å². The molecule has 16 heavy (non-hydrogen) atoms. The van der Waals surface area contributed by atoms with Crippen LogP contribution in [-0.4, -0.2) is 50.5 Å². The summed E-state index contributed by atoms with van der Waals surface area (Å²) in [6, 6.07) is 0.765. The van der Waals surface area contributed by atoms with Gasteiger partial charge in [0, 0.05) is 13.1 Å². The van der Waals surface area contributed by atoms with Gasteiger partial charge in [-0.05, 0) is 9.97 Å². The van der Waals surface area contributed by atoms with Gasteiger partial charge in [0.1, 0.15) is 0 Å². The van der Waals surface area contributed by atoms with E-state index in [9.17, 15) is 0 Å². The number of hydrogen-bond donors (Lipinski definition) is 0. The highest BCUT2D eigenvalue weighted by Crippen LogP contribution is 2.13. The van der Waals surface area contributed by atoms with E-state index in [0.717, 1.165) is 13.1 Å². The third kappa shape index (κ3) is 2.30. The van der Waals surface area contributed by atoms with Crippen molar-refractivity contribution in [2.24, 2.45) is 0 Å². The van der Waals surface area contributed by atoms with Gasteiger partial charge >= 0.3 is 18.0 Å². The lowest BCUT2D eigenvalue weighted by molar-refractivity contribution is -0.416. The summed E-state index contributed by atoms with van der Waals surface area (Å²) in [5.74, 6) is 0.593. The Morgan fingerprint density at radius 1 is 1.12 bits per heavy atom. The second-order valence-corrected chi connectivity index (χ2v) is 3.27. The summed E-state index contributed by atoms with van der Waals surface area (Å²) < 4.78 is 15.4. The number of nitrogens with zero attached hydrogens (tertiary/aromatic N) is 3. The van der Waals surface area contributed by atoms with Crippen LogP contribution in [-0.2, 0) is 4.74 Å². The van der Waals surface area contributed by atoms with Gasteiger partial charge in [0.2, 0.25) is 0 Å². The molecular weight excluding hydrogens is 212 g/mol. The molecule has 1 aliphatic rings. The number of aromatic nitrogens is 3. The number of hydrogen-bond acceptors (Lipinski definition) is 6. The average Bonchev–Trinajstić information content (AvgIpc) is 2.39. The Morgan fingerprint density at radius 2 is 1.69 bits per heavy atom. The minimum Gasteiger partial charge on any atom is -0.444 e. The molecule has 0 radical (unpaired) electrons. The zero-order valence-corrected chi connectivity index (χ0v) is 9.39. The quantitative estimate of drug-likeness (QED) is 0.669. The van der Waals surface area contributed by atoms with E-state index in [2.05, 4.69) is 15.0 Å². The number of rotatable bonds is 3. The van der Waals surface area contributed by atoms with E-state index in [4.69, 9.17) is 14.2 Å². The van der Waals surface area contributed by atoms with Crippen molar-refractivity contribution >= 4 is 5.95 Å². The number of morpholine rings is 1. The topological polar surface area (TPSA) is 70.9 Å². The summed E-state index contributed by atoms with van der Waals surface area (Å²) in [6.07, 6.45) is 0. The monoisotopic (exact) mass is 227 g/mol. The third-order valence-electron chi connectivity index (χ3n) is 2.30. The van der Waals surface area contributed by atoms with E-state index in [1.165, 1.54) is 0 Å². The predicted molar refractivity (Wildman–Crippen MR) is 54.7 cm³/mol. The standard InChI is InChI=1S/C9H14N4O3/c1-14-8-10-7(11-9(12-8)15-2)13-3-5-16-6-4-13/h3-6H2,1-2H3/p+1. The summed E-state index contributed by atoms with van der Waals surface area (Å²) in [6.45, 7) is 2.92. The molecule has 0 amide bonds. The predicted octanol–water partition coefficient (Wildman–Crippen LogP) is -0.855. The van der Waals surface area contributed by atoms with Crippen LogP contribution in [0.25, 0.3) is 0 Å². The lowest BCUT2D eigenvalue weighted by Crippen LogP contribution is -2.38. The van der Waals surface area contributed by atoms with Crippen molar-refractivity contribution in [3.8, 4) is 12.0 Å². The molecule has 0 bridgehead atoms. The van der Waals surface area contributed by atoms with Crippen LogP contribution in [0.15, 0.2) is 0 Å². The summed E-state index contributed by atoms with van der Waals surface area (Å²) >= 11 is 0. The zero-order chi connectivity index (χ0) is 11.4. The fourth-order valence-corrected chi connectivity index (χ4v) is 1.45. The van der Waals surface area contributed by atoms with E-state index in [1.54, 1.807) is 14.2 Å². The Hall–Kier alpha value is -1.63. The molecule has 1 N–H and O–H groups in total. The Kier molecular flexibility index (Phi) is 3.35. The SMILES string of the molecule is COc1nc(N2CCOCC2)nc(OC)[nH+]1. The first-order valence-corrected chi connectivity index (χ1v) is 5.05. The molecule has 2 rings (SSSR count). The first-order valence-electron chi connectivity index (χ1n) is 5.05. The Bertz CT molecular complexity index is 332. The third-order valence-corrected chi connectivity index (χ3v) is 2.30. The summed E-state index contributed by atoms with van der Waals surface area (Å²) in [7, 11) is 3.09. The Labute approximate surface area is 93.4 Å². The fraction of sp³-hybridized carbons (Fsp3) is 0.667. The van der Waals surface area contributed by atoms with E-state index < -0.39 is 0 Å². The summed E-state index contributed by atoms with van der Waals surface area (Å²) in [5, 5.41) is 0. The maximum absolute atomic E-state index is 5.27. The lowest BCUT2D eigenvalue weighted by Gasteiger charge is -2.23. The van der Waals surface area contributed by atoms with E-state index in [1.807, 2.05) is 4.90 Å². The minimum atomic E-state index is 0.383. The molecule has 0 spiro atoms. The van der Waals surface area contributed by atoms with Crippen molar-refractivity contribution < 1.29 is 19.2 Å². The van der Waals surface area contributed by atoms with Crippen LogP contribution >= 0.6 is 0 Å². The van der Waals surface area contributed by atoms with E-state index in [0.29, 0.717) is 31.2 Å². The fourth-order valence-electron chi connectivity index (χ4n) is 1.45. The molecule has 1 aromatic heterocycles. The first kappa shape index (κ1) is 10.9. The smallest absolute Gasteiger partial charge is 0.439 e. The maximum atomic E-state index is 5.27. The maximum Gasteiger partial charge on any atom is 0.439 e. The lowest BCUT2D eigenvalue weighted by atomic mass is 10.4. The molecule has 0 aliphatic carbocycles. The number of methoxy groups -OCH3 is 2. The number of H-pyrrole nitrogens is 1. The second kappa shape index (κ2) is 4.93. The van der Waals surface area contributed by atoms with Crippen LogP contribution in [0, 0.1) is 0 Å². The Morgan fingerprint density at radius 3 is 2.19 bits per heavy atom. The molecule has 2 heterocycles. The zero-order valence-electron chi connectivity index (χ0n) is 9.39. The molecule has 1 fully saturated rings. The highest BCUT2D eigenvalue weighted by molar-refractivity contribution is 5.30. The number of aromatic amines is 1. The van der Waals surface area contributed by atoms with Crippen molar-refractivity contribution in [2.75, 3.05) is 45.4 Å². The van der Waals surface area contributed by atoms with Crippen LogP contribution < -0.4 is 19.4 Å². The number of nitrogens with one attached hydrogen (secondary N) is 1. The van der Waals surface area contributed by atoms with Crippen LogP contribution in [0.4, 0.5) is 5.95 Å². The summed E-state index contributed by atoms with van der Waals surface area (Å²) in [5.41, 5.74) is 0. The molecule has 0 aromatic carbocycles. The molecule has 1 aromatic rings. The number of ether oxygens (including phenoxy) is 3. The van der Waals surface area contributed by atoms with Crippen molar-refractivity contribution in [2.45, 2.75) is 0 Å². The van der Waals surface area contributed by atoms with Gasteiger partial charge in [-0.3, -0.25) is 0 Å². The molecule has 7 nitrogen and oxygen atoms in total. The largest absolute Gasteiger partial charge is 0.444 e. The molecule has 1 aliphatic heterocycles. The van der Waals surface area contributed by atoms with Gasteiger partial charge in [0.25, 0.3) is 0 Å². The van der Waals surface area contributed by atoms with Gasteiger partial charge in [-0.2, -0.15) is 4.98 Å². The van der Waals surface area contributed by atoms with Gasteiger partial charge in [0.05, 0.1) is 27.4 Å². The van der Waals surface area contributed by atoms with Crippen molar-refractivity contribution in [3.05, 3.63) is 0 Å². The molecule has 7 heteroatoms. The van der Waals surface area contributed by atoms with Crippen molar-refractivity contribution in [1.29, 1.82) is 0 Å².